The summed E-state index contributed by atoms with van der Waals surface area (Å²) in [4.78, 5) is 18.7. The number of amides is 2. The molecule has 10 heteroatoms. The van der Waals surface area contributed by atoms with Gasteiger partial charge >= 0.3 is 13.1 Å². The normalized spacial score (nSPS) is 22.9. The molecule has 2 aliphatic heterocycles. The highest BCUT2D eigenvalue weighted by atomic mass is 16.8. The van der Waals surface area contributed by atoms with Crippen molar-refractivity contribution in [1.82, 2.24) is 19.5 Å². The number of rotatable bonds is 10. The average molecular weight is 611 g/mol. The van der Waals surface area contributed by atoms with Crippen LogP contribution in [0.25, 0.3) is 10.9 Å². The molecule has 0 saturated carbocycles. The standard InChI is InChI=1S/C35H43BN4O5/c1-24-28-20-27(16-17-29(28)40(37-24)36(4)43)23-39-31(22-26-14-9-6-10-15-26)33-32(44-35(2,3)45-33)30(21-25-12-7-5-8-13-25)38(34(39)42)18-11-19-41/h5-10,12-17,20,30-33,41,43H,11,18-19,21-23H2,1-4H3/t30-,31-,32+,33+/m1/s1. The van der Waals surface area contributed by atoms with Crippen molar-refractivity contribution in [2.45, 2.75) is 83.5 Å². The number of fused-ring (bicyclic) bond motifs is 2. The van der Waals surface area contributed by atoms with Crippen molar-refractivity contribution in [2.24, 2.45) is 0 Å². The van der Waals surface area contributed by atoms with E-state index in [0.29, 0.717) is 32.4 Å². The van der Waals surface area contributed by atoms with E-state index in [-0.39, 0.29) is 36.9 Å². The van der Waals surface area contributed by atoms with Crippen molar-refractivity contribution in [3.8, 4) is 0 Å². The first kappa shape index (κ1) is 31.3. The summed E-state index contributed by atoms with van der Waals surface area (Å²) in [5, 5.41) is 25.6. The summed E-state index contributed by atoms with van der Waals surface area (Å²) in [5.41, 5.74) is 4.84. The Bertz CT molecular complexity index is 1610. The van der Waals surface area contributed by atoms with E-state index < -0.39 is 12.8 Å². The smallest absolute Gasteiger partial charge is 0.431 e. The third-order valence-electron chi connectivity index (χ3n) is 9.01. The highest BCUT2D eigenvalue weighted by molar-refractivity contribution is 6.47. The summed E-state index contributed by atoms with van der Waals surface area (Å²) >= 11 is 0. The molecule has 2 N–H and O–H groups in total. The average Bonchev–Trinajstić information content (AvgIpc) is 3.52. The molecule has 0 spiro atoms. The highest BCUT2D eigenvalue weighted by Gasteiger charge is 2.55. The van der Waals surface area contributed by atoms with E-state index in [4.69, 9.17) is 9.47 Å². The molecule has 236 valence electrons. The van der Waals surface area contributed by atoms with Gasteiger partial charge in [-0.3, -0.25) is 4.59 Å². The van der Waals surface area contributed by atoms with Crippen LogP contribution >= 0.6 is 0 Å². The van der Waals surface area contributed by atoms with E-state index in [1.807, 2.05) is 79.1 Å². The highest BCUT2D eigenvalue weighted by Crippen LogP contribution is 2.40. The third kappa shape index (κ3) is 6.51. The Balaban J connectivity index is 1.46. The SMILES string of the molecule is CB(O)n1nc(C)c2cc(CN3C(=O)N(CCCO)[C@H](Cc4ccccc4)[C@@H]4OC(C)(C)O[C@H]4[C@H]3Cc3ccccc3)ccc21. The number of carbonyl (C=O) groups is 1. The number of hydrogen-bond acceptors (Lipinski definition) is 6. The Kier molecular flexibility index (Phi) is 9.02. The van der Waals surface area contributed by atoms with Gasteiger partial charge in [0.1, 0.15) is 12.2 Å². The minimum absolute atomic E-state index is 0.0184. The lowest BCUT2D eigenvalue weighted by atomic mass is 9.89. The molecule has 2 saturated heterocycles. The summed E-state index contributed by atoms with van der Waals surface area (Å²) in [6.07, 6.45) is 0.893. The van der Waals surface area contributed by atoms with Crippen LogP contribution in [0.4, 0.5) is 4.79 Å². The fraction of sp³-hybridized carbons (Fsp3) is 0.429. The molecule has 4 aromatic rings. The van der Waals surface area contributed by atoms with E-state index in [1.54, 1.807) is 11.4 Å². The number of aliphatic hydroxyl groups is 1. The molecule has 6 rings (SSSR count). The van der Waals surface area contributed by atoms with Gasteiger partial charge in [0.25, 0.3) is 0 Å². The molecular weight excluding hydrogens is 567 g/mol. The lowest BCUT2D eigenvalue weighted by Gasteiger charge is -2.37. The molecule has 0 unspecified atom stereocenters. The lowest BCUT2D eigenvalue weighted by Crippen LogP contribution is -2.52. The maximum Gasteiger partial charge on any atom is 0.431 e. The molecule has 4 atom stereocenters. The number of aromatic nitrogens is 2. The summed E-state index contributed by atoms with van der Waals surface area (Å²) in [6, 6.07) is 25.7. The van der Waals surface area contributed by atoms with Gasteiger partial charge in [-0.1, -0.05) is 66.7 Å². The summed E-state index contributed by atoms with van der Waals surface area (Å²) < 4.78 is 15.1. The van der Waals surface area contributed by atoms with Crippen LogP contribution in [0.15, 0.2) is 78.9 Å². The Labute approximate surface area is 265 Å². The van der Waals surface area contributed by atoms with Crippen molar-refractivity contribution in [2.75, 3.05) is 13.2 Å². The van der Waals surface area contributed by atoms with E-state index in [1.165, 1.54) is 0 Å². The third-order valence-corrected chi connectivity index (χ3v) is 9.01. The summed E-state index contributed by atoms with van der Waals surface area (Å²) in [5.74, 6) is -0.834. The van der Waals surface area contributed by atoms with E-state index in [2.05, 4.69) is 35.4 Å². The molecule has 0 radical (unpaired) electrons. The number of aryl methyl sites for hydroxylation is 1. The van der Waals surface area contributed by atoms with Crippen molar-refractivity contribution in [3.05, 3.63) is 101 Å². The zero-order chi connectivity index (χ0) is 31.7. The van der Waals surface area contributed by atoms with Crippen molar-refractivity contribution in [1.29, 1.82) is 0 Å². The predicted octanol–water partition coefficient (Wildman–Crippen LogP) is 4.67. The largest absolute Gasteiger partial charge is 0.431 e. The van der Waals surface area contributed by atoms with Crippen LogP contribution in [0.5, 0.6) is 0 Å². The second-order valence-corrected chi connectivity index (χ2v) is 12.8. The van der Waals surface area contributed by atoms with Crippen molar-refractivity contribution in [3.63, 3.8) is 0 Å². The van der Waals surface area contributed by atoms with E-state index in [0.717, 1.165) is 33.3 Å². The van der Waals surface area contributed by atoms with Crippen LogP contribution in [0.2, 0.25) is 6.82 Å². The Morgan fingerprint density at radius 2 is 1.44 bits per heavy atom. The van der Waals surface area contributed by atoms with Crippen LogP contribution in [0, 0.1) is 6.92 Å². The quantitative estimate of drug-likeness (QED) is 0.254. The van der Waals surface area contributed by atoms with E-state index in [9.17, 15) is 14.9 Å². The monoisotopic (exact) mass is 610 g/mol. The molecule has 9 nitrogen and oxygen atoms in total. The van der Waals surface area contributed by atoms with Crippen LogP contribution < -0.4 is 0 Å². The molecule has 3 aromatic carbocycles. The Morgan fingerprint density at radius 3 is 2.00 bits per heavy atom. The number of hydrogen-bond donors (Lipinski definition) is 2. The van der Waals surface area contributed by atoms with Gasteiger partial charge in [-0.25, -0.2) is 4.79 Å². The summed E-state index contributed by atoms with van der Waals surface area (Å²) in [6.45, 7) is 8.25. The van der Waals surface area contributed by atoms with Gasteiger partial charge < -0.3 is 29.4 Å². The molecule has 3 heterocycles. The molecule has 45 heavy (non-hydrogen) atoms. The van der Waals surface area contributed by atoms with Crippen LogP contribution in [-0.4, -0.2) is 85.9 Å². The number of benzene rings is 3. The second-order valence-electron chi connectivity index (χ2n) is 12.8. The van der Waals surface area contributed by atoms with Gasteiger partial charge in [-0.2, -0.15) is 5.10 Å². The van der Waals surface area contributed by atoms with Crippen molar-refractivity contribution >= 4 is 24.0 Å². The molecular formula is C35H43BN4O5. The summed E-state index contributed by atoms with van der Waals surface area (Å²) in [7, 11) is -0.754. The van der Waals surface area contributed by atoms with Gasteiger partial charge in [0, 0.05) is 25.1 Å². The predicted molar refractivity (Wildman–Crippen MR) is 175 cm³/mol. The first-order chi connectivity index (χ1) is 21.6. The van der Waals surface area contributed by atoms with Gasteiger partial charge in [-0.15, -0.1) is 0 Å². The lowest BCUT2D eigenvalue weighted by molar-refractivity contribution is -0.157. The number of carbonyl (C=O) groups excluding carboxylic acids is 1. The van der Waals surface area contributed by atoms with Gasteiger partial charge in [0.2, 0.25) is 0 Å². The Morgan fingerprint density at radius 1 is 0.867 bits per heavy atom. The van der Waals surface area contributed by atoms with Crippen LogP contribution in [0.3, 0.4) is 0 Å². The number of ether oxygens (including phenoxy) is 2. The fourth-order valence-electron chi connectivity index (χ4n) is 6.99. The molecule has 0 aliphatic carbocycles. The maximum absolute atomic E-state index is 14.9. The van der Waals surface area contributed by atoms with Gasteiger partial charge in [-0.05, 0) is 75.7 Å². The molecule has 0 bridgehead atoms. The first-order valence-corrected chi connectivity index (χ1v) is 15.9. The minimum atomic E-state index is -0.834. The number of urea groups is 1. The first-order valence-electron chi connectivity index (χ1n) is 15.9. The zero-order valence-electron chi connectivity index (χ0n) is 26.5. The van der Waals surface area contributed by atoms with Crippen LogP contribution in [0.1, 0.15) is 42.7 Å². The minimum Gasteiger partial charge on any atom is -0.431 e. The van der Waals surface area contributed by atoms with Gasteiger partial charge in [0.15, 0.2) is 5.79 Å². The second kappa shape index (κ2) is 13.0. The molecule has 2 amide bonds. The van der Waals surface area contributed by atoms with Crippen LogP contribution in [-0.2, 0) is 28.9 Å². The number of nitrogens with zero attached hydrogens (tertiary/aromatic N) is 4. The molecule has 1 aromatic heterocycles. The zero-order valence-corrected chi connectivity index (χ0v) is 26.5. The Hall–Kier alpha value is -3.70. The van der Waals surface area contributed by atoms with E-state index >= 15 is 0 Å². The van der Waals surface area contributed by atoms with Crippen molar-refractivity contribution < 1.29 is 24.4 Å². The molecule has 2 fully saturated rings. The fourth-order valence-corrected chi connectivity index (χ4v) is 6.99. The van der Waals surface area contributed by atoms with Gasteiger partial charge in [0.05, 0.1) is 23.3 Å². The number of aliphatic hydroxyl groups excluding tert-OH is 1. The topological polar surface area (TPSA) is 100 Å². The molecule has 2 aliphatic rings. The maximum atomic E-state index is 14.9.